The summed E-state index contributed by atoms with van der Waals surface area (Å²) in [7, 11) is 0. The van der Waals surface area contributed by atoms with Gasteiger partial charge in [-0.2, -0.15) is 0 Å². The molecule has 3 aromatic rings. The fraction of sp³-hybridized carbons (Fsp3) is 0.300. The summed E-state index contributed by atoms with van der Waals surface area (Å²) in [4.78, 5) is 45.2. The monoisotopic (exact) mass is 415 g/mol. The number of hydrogen-bond donors (Lipinski definition) is 2. The van der Waals surface area contributed by atoms with Gasteiger partial charge in [0.25, 0.3) is 5.56 Å². The molecule has 0 radical (unpaired) electrons. The number of nitrogens with one attached hydrogen (secondary N) is 2. The largest absolute Gasteiger partial charge is 0.325 e. The topological polar surface area (TPSA) is 91.9 Å². The highest BCUT2D eigenvalue weighted by molar-refractivity contribution is 7.99. The summed E-state index contributed by atoms with van der Waals surface area (Å²) in [6.45, 7) is 7.21. The van der Waals surface area contributed by atoms with Gasteiger partial charge >= 0.3 is 0 Å². The van der Waals surface area contributed by atoms with Gasteiger partial charge in [0.15, 0.2) is 5.78 Å². The molecule has 0 aliphatic rings. The minimum atomic E-state index is -0.333. The van der Waals surface area contributed by atoms with E-state index in [1.54, 1.807) is 31.2 Å². The molecule has 8 heteroatoms. The Kier molecular flexibility index (Phi) is 6.00. The lowest BCUT2D eigenvalue weighted by Crippen LogP contribution is -2.23. The van der Waals surface area contributed by atoms with Gasteiger partial charge in [-0.1, -0.05) is 0 Å². The van der Waals surface area contributed by atoms with Crippen LogP contribution in [0.25, 0.3) is 10.2 Å². The van der Waals surface area contributed by atoms with E-state index >= 15 is 0 Å². The molecule has 2 heterocycles. The molecule has 1 atom stereocenters. The highest BCUT2D eigenvalue weighted by atomic mass is 32.2. The highest BCUT2D eigenvalue weighted by Gasteiger charge is 2.16. The zero-order valence-corrected chi connectivity index (χ0v) is 17.7. The van der Waals surface area contributed by atoms with Gasteiger partial charge in [-0.3, -0.25) is 14.4 Å². The Bertz CT molecular complexity index is 1100. The summed E-state index contributed by atoms with van der Waals surface area (Å²) in [5.74, 6) is 0.830. The Morgan fingerprint density at radius 1 is 1.25 bits per heavy atom. The Morgan fingerprint density at radius 2 is 1.93 bits per heavy atom. The van der Waals surface area contributed by atoms with Crippen molar-refractivity contribution in [3.8, 4) is 0 Å². The quantitative estimate of drug-likeness (QED) is 0.592. The molecule has 1 aromatic carbocycles. The van der Waals surface area contributed by atoms with E-state index in [1.165, 1.54) is 30.0 Å². The Balaban J connectivity index is 1.64. The van der Waals surface area contributed by atoms with Crippen molar-refractivity contribution in [3.05, 3.63) is 56.4 Å². The van der Waals surface area contributed by atoms with Crippen molar-refractivity contribution >= 4 is 50.7 Å². The maximum atomic E-state index is 12.4. The van der Waals surface area contributed by atoms with Crippen molar-refractivity contribution in [1.82, 2.24) is 9.97 Å². The van der Waals surface area contributed by atoms with Gasteiger partial charge in [0.1, 0.15) is 10.7 Å². The SMILES string of the molecule is CC(=O)c1ccc(NC(=O)C(C)SCc2nc3sc(C)c(C)c3c(=O)[nH]2)cc1. The molecule has 6 nitrogen and oxygen atoms in total. The number of hydrogen-bond acceptors (Lipinski definition) is 6. The summed E-state index contributed by atoms with van der Waals surface area (Å²) in [6, 6.07) is 6.79. The van der Waals surface area contributed by atoms with E-state index in [0.29, 0.717) is 28.2 Å². The molecule has 1 amide bonds. The zero-order chi connectivity index (χ0) is 20.4. The van der Waals surface area contributed by atoms with Crippen molar-refractivity contribution in [2.45, 2.75) is 38.7 Å². The summed E-state index contributed by atoms with van der Waals surface area (Å²) in [5.41, 5.74) is 2.08. The maximum Gasteiger partial charge on any atom is 0.259 e. The van der Waals surface area contributed by atoms with Crippen molar-refractivity contribution in [3.63, 3.8) is 0 Å². The van der Waals surface area contributed by atoms with E-state index in [2.05, 4.69) is 15.3 Å². The number of thioether (sulfide) groups is 1. The molecule has 2 N–H and O–H groups in total. The van der Waals surface area contributed by atoms with E-state index in [-0.39, 0.29) is 22.5 Å². The van der Waals surface area contributed by atoms with Gasteiger partial charge in [-0.05, 0) is 57.5 Å². The van der Waals surface area contributed by atoms with Crippen molar-refractivity contribution in [2.75, 3.05) is 5.32 Å². The lowest BCUT2D eigenvalue weighted by atomic mass is 10.1. The minimum absolute atomic E-state index is 0.0172. The predicted molar refractivity (Wildman–Crippen MR) is 116 cm³/mol. The molecule has 0 bridgehead atoms. The number of Topliss-reactive ketones (excluding diaryl/α,β-unsaturated/α-hetero) is 1. The fourth-order valence-corrected chi connectivity index (χ4v) is 4.48. The number of nitrogens with zero attached hydrogens (tertiary/aromatic N) is 1. The van der Waals surface area contributed by atoms with Gasteiger partial charge in [0.05, 0.1) is 16.4 Å². The molecule has 0 aliphatic carbocycles. The van der Waals surface area contributed by atoms with Gasteiger partial charge in [-0.25, -0.2) is 4.98 Å². The third-order valence-corrected chi connectivity index (χ3v) is 6.74. The van der Waals surface area contributed by atoms with Gasteiger partial charge in [-0.15, -0.1) is 23.1 Å². The van der Waals surface area contributed by atoms with E-state index in [9.17, 15) is 14.4 Å². The Labute approximate surface area is 170 Å². The first-order chi connectivity index (χ1) is 13.3. The molecular weight excluding hydrogens is 394 g/mol. The van der Waals surface area contributed by atoms with E-state index in [0.717, 1.165) is 15.3 Å². The van der Waals surface area contributed by atoms with Crippen molar-refractivity contribution in [2.24, 2.45) is 0 Å². The first kappa shape index (κ1) is 20.3. The minimum Gasteiger partial charge on any atom is -0.325 e. The van der Waals surface area contributed by atoms with Crippen molar-refractivity contribution < 1.29 is 9.59 Å². The first-order valence-electron chi connectivity index (χ1n) is 8.78. The number of rotatable bonds is 6. The maximum absolute atomic E-state index is 12.4. The second kappa shape index (κ2) is 8.28. The molecule has 0 fully saturated rings. The van der Waals surface area contributed by atoms with Crippen LogP contribution in [0.3, 0.4) is 0 Å². The van der Waals surface area contributed by atoms with Crippen molar-refractivity contribution in [1.29, 1.82) is 0 Å². The number of ketones is 1. The molecule has 1 unspecified atom stereocenters. The molecular formula is C20H21N3O3S2. The number of aromatic amines is 1. The lowest BCUT2D eigenvalue weighted by Gasteiger charge is -2.12. The summed E-state index contributed by atoms with van der Waals surface area (Å²) >= 11 is 2.91. The van der Waals surface area contributed by atoms with Crippen LogP contribution >= 0.6 is 23.1 Å². The Hall–Kier alpha value is -2.45. The third-order valence-electron chi connectivity index (χ3n) is 4.49. The predicted octanol–water partition coefficient (Wildman–Crippen LogP) is 4.06. The van der Waals surface area contributed by atoms with E-state index in [4.69, 9.17) is 0 Å². The number of aromatic nitrogens is 2. The van der Waals surface area contributed by atoms with Crippen LogP contribution in [0.5, 0.6) is 0 Å². The van der Waals surface area contributed by atoms with Crippen LogP contribution in [0, 0.1) is 13.8 Å². The zero-order valence-electron chi connectivity index (χ0n) is 16.1. The third kappa shape index (κ3) is 4.34. The number of carbonyl (C=O) groups excluding carboxylic acids is 2. The standard InChI is InChI=1S/C20H21N3O3S2/c1-10-12(3)28-20-17(10)19(26)22-16(23-20)9-27-13(4)18(25)21-15-7-5-14(6-8-15)11(2)24/h5-8,13H,9H2,1-4H3,(H,21,25)(H,22,23,26). The normalized spacial score (nSPS) is 12.1. The van der Waals surface area contributed by atoms with Crippen LogP contribution in [-0.2, 0) is 10.5 Å². The fourth-order valence-electron chi connectivity index (χ4n) is 2.68. The van der Waals surface area contributed by atoms with Crippen LogP contribution in [-0.4, -0.2) is 26.9 Å². The number of benzene rings is 1. The van der Waals surface area contributed by atoms with Crippen LogP contribution in [0.2, 0.25) is 0 Å². The molecule has 2 aromatic heterocycles. The molecule has 0 spiro atoms. The number of H-pyrrole nitrogens is 1. The first-order valence-corrected chi connectivity index (χ1v) is 10.6. The van der Waals surface area contributed by atoms with Crippen LogP contribution < -0.4 is 10.9 Å². The van der Waals surface area contributed by atoms with E-state index in [1.807, 2.05) is 13.8 Å². The summed E-state index contributed by atoms with van der Waals surface area (Å²) in [5, 5.41) is 3.15. The number of fused-ring (bicyclic) bond motifs is 1. The smallest absolute Gasteiger partial charge is 0.259 e. The highest BCUT2D eigenvalue weighted by Crippen LogP contribution is 2.26. The number of anilines is 1. The molecule has 0 aliphatic heterocycles. The van der Waals surface area contributed by atoms with E-state index < -0.39 is 0 Å². The molecule has 0 saturated heterocycles. The number of carbonyl (C=O) groups is 2. The number of amides is 1. The molecule has 146 valence electrons. The van der Waals surface area contributed by atoms with Crippen LogP contribution in [0.1, 0.15) is 40.5 Å². The number of aryl methyl sites for hydroxylation is 2. The Morgan fingerprint density at radius 3 is 2.57 bits per heavy atom. The van der Waals surface area contributed by atoms with Gasteiger partial charge in [0, 0.05) is 16.1 Å². The van der Waals surface area contributed by atoms with Gasteiger partial charge < -0.3 is 10.3 Å². The second-order valence-corrected chi connectivity index (χ2v) is 9.08. The van der Waals surface area contributed by atoms with Crippen LogP contribution in [0.4, 0.5) is 5.69 Å². The summed E-state index contributed by atoms with van der Waals surface area (Å²) < 4.78 is 0. The average molecular weight is 416 g/mol. The molecule has 3 rings (SSSR count). The molecule has 0 saturated carbocycles. The average Bonchev–Trinajstić information content (AvgIpc) is 2.94. The second-order valence-electron chi connectivity index (χ2n) is 6.55. The summed E-state index contributed by atoms with van der Waals surface area (Å²) in [6.07, 6.45) is 0. The number of thiophene rings is 1. The van der Waals surface area contributed by atoms with Crippen LogP contribution in [0.15, 0.2) is 29.1 Å². The van der Waals surface area contributed by atoms with Gasteiger partial charge in [0.2, 0.25) is 5.91 Å². The lowest BCUT2D eigenvalue weighted by molar-refractivity contribution is -0.115. The molecule has 28 heavy (non-hydrogen) atoms.